The molecule has 2 rings (SSSR count). The van der Waals surface area contributed by atoms with Crippen molar-refractivity contribution in [2.45, 2.75) is 37.2 Å². The van der Waals surface area contributed by atoms with Gasteiger partial charge in [-0.2, -0.15) is 0 Å². The Bertz CT molecular complexity index is 475. The van der Waals surface area contributed by atoms with Crippen molar-refractivity contribution in [3.8, 4) is 0 Å². The van der Waals surface area contributed by atoms with Crippen LogP contribution >= 0.6 is 11.3 Å². The second-order valence-corrected chi connectivity index (χ2v) is 7.32. The fourth-order valence-electron chi connectivity index (χ4n) is 2.14. The lowest BCUT2D eigenvalue weighted by molar-refractivity contribution is 0.270. The summed E-state index contributed by atoms with van der Waals surface area (Å²) >= 11 is 1.47. The van der Waals surface area contributed by atoms with Crippen molar-refractivity contribution < 1.29 is 8.42 Å². The molecule has 1 fully saturated rings. The zero-order valence-corrected chi connectivity index (χ0v) is 11.7. The second-order valence-electron chi connectivity index (χ2n) is 4.63. The molecule has 96 valence electrons. The first-order chi connectivity index (χ1) is 8.03. The summed E-state index contributed by atoms with van der Waals surface area (Å²) in [7, 11) is -1.52. The summed E-state index contributed by atoms with van der Waals surface area (Å²) < 4.78 is 27.1. The molecular formula is C11H18N2O2S2. The van der Waals surface area contributed by atoms with E-state index in [2.05, 4.69) is 17.0 Å². The van der Waals surface area contributed by atoms with E-state index < -0.39 is 10.0 Å². The van der Waals surface area contributed by atoms with Gasteiger partial charge in [0.1, 0.15) is 0 Å². The van der Waals surface area contributed by atoms with E-state index in [1.807, 2.05) is 12.4 Å². The number of nitrogens with one attached hydrogen (secondary N) is 2. The lowest BCUT2D eigenvalue weighted by atomic mass is 9.83. The van der Waals surface area contributed by atoms with Gasteiger partial charge in [0.15, 0.2) is 0 Å². The molecule has 0 radical (unpaired) electrons. The Morgan fingerprint density at radius 1 is 1.47 bits per heavy atom. The van der Waals surface area contributed by atoms with Crippen LogP contribution < -0.4 is 10.0 Å². The minimum atomic E-state index is -3.33. The Morgan fingerprint density at radius 2 is 2.18 bits per heavy atom. The van der Waals surface area contributed by atoms with Crippen molar-refractivity contribution in [3.63, 3.8) is 0 Å². The minimum Gasteiger partial charge on any atom is -0.315 e. The van der Waals surface area contributed by atoms with Gasteiger partial charge >= 0.3 is 0 Å². The van der Waals surface area contributed by atoms with Crippen LogP contribution in [0.5, 0.6) is 0 Å². The molecule has 1 aliphatic rings. The summed E-state index contributed by atoms with van der Waals surface area (Å²) in [6.07, 6.45) is 1.90. The van der Waals surface area contributed by atoms with Crippen molar-refractivity contribution in [1.82, 2.24) is 10.0 Å². The predicted molar refractivity (Wildman–Crippen MR) is 69.6 cm³/mol. The van der Waals surface area contributed by atoms with Gasteiger partial charge in [-0.05, 0) is 37.3 Å². The summed E-state index contributed by atoms with van der Waals surface area (Å²) in [6.45, 7) is 2.73. The quantitative estimate of drug-likeness (QED) is 0.856. The van der Waals surface area contributed by atoms with Gasteiger partial charge in [0.05, 0.1) is 4.90 Å². The topological polar surface area (TPSA) is 58.2 Å². The predicted octanol–water partition coefficient (Wildman–Crippen LogP) is 1.54. The van der Waals surface area contributed by atoms with Crippen LogP contribution in [0.1, 0.15) is 24.6 Å². The van der Waals surface area contributed by atoms with E-state index in [0.29, 0.717) is 17.4 Å². The molecule has 2 N–H and O–H groups in total. The van der Waals surface area contributed by atoms with Gasteiger partial charge in [0.25, 0.3) is 0 Å². The smallest absolute Gasteiger partial charge is 0.241 e. The third-order valence-electron chi connectivity index (χ3n) is 3.03. The molecule has 1 saturated carbocycles. The van der Waals surface area contributed by atoms with E-state index in [1.165, 1.54) is 11.3 Å². The molecule has 1 heterocycles. The normalized spacial score (nSPS) is 24.6. The summed E-state index contributed by atoms with van der Waals surface area (Å²) in [4.78, 5) is 1.30. The fourth-order valence-corrected chi connectivity index (χ4v) is 4.86. The zero-order valence-electron chi connectivity index (χ0n) is 10.1. The Balaban J connectivity index is 2.11. The Labute approximate surface area is 106 Å². The molecule has 1 aromatic heterocycles. The average molecular weight is 274 g/mol. The first kappa shape index (κ1) is 13.0. The first-order valence-corrected chi connectivity index (χ1v) is 8.12. The molecule has 6 heteroatoms. The van der Waals surface area contributed by atoms with Gasteiger partial charge < -0.3 is 5.32 Å². The Kier molecular flexibility index (Phi) is 3.87. The third kappa shape index (κ3) is 2.88. The van der Waals surface area contributed by atoms with Gasteiger partial charge in [-0.15, -0.1) is 11.3 Å². The van der Waals surface area contributed by atoms with E-state index in [9.17, 15) is 8.42 Å². The summed E-state index contributed by atoms with van der Waals surface area (Å²) in [5, 5.41) is 4.81. The maximum Gasteiger partial charge on any atom is 0.241 e. The van der Waals surface area contributed by atoms with Gasteiger partial charge in [-0.3, -0.25) is 0 Å². The maximum atomic E-state index is 12.2. The molecule has 4 nitrogen and oxygen atoms in total. The van der Waals surface area contributed by atoms with Crippen LogP contribution in [-0.4, -0.2) is 21.5 Å². The highest BCUT2D eigenvalue weighted by molar-refractivity contribution is 7.89. The zero-order chi connectivity index (χ0) is 12.5. The van der Waals surface area contributed by atoms with Crippen LogP contribution in [0.15, 0.2) is 16.3 Å². The highest BCUT2D eigenvalue weighted by Crippen LogP contribution is 2.29. The number of rotatable bonds is 5. The van der Waals surface area contributed by atoms with Crippen LogP contribution in [0, 0.1) is 5.92 Å². The van der Waals surface area contributed by atoms with Gasteiger partial charge in [0.2, 0.25) is 10.0 Å². The molecule has 1 aromatic rings. The molecular weight excluding hydrogens is 256 g/mol. The van der Waals surface area contributed by atoms with Crippen LogP contribution in [0.25, 0.3) is 0 Å². The summed E-state index contributed by atoms with van der Waals surface area (Å²) in [5.41, 5.74) is 0. The number of sulfonamides is 1. The lowest BCUT2D eigenvalue weighted by Crippen LogP contribution is -2.43. The van der Waals surface area contributed by atoms with E-state index in [-0.39, 0.29) is 6.04 Å². The van der Waals surface area contributed by atoms with Crippen molar-refractivity contribution in [2.75, 3.05) is 7.05 Å². The molecule has 0 aromatic carbocycles. The van der Waals surface area contributed by atoms with Crippen LogP contribution in [-0.2, 0) is 16.6 Å². The average Bonchev–Trinajstić information content (AvgIpc) is 2.64. The molecule has 0 aliphatic heterocycles. The van der Waals surface area contributed by atoms with Gasteiger partial charge in [0, 0.05) is 17.5 Å². The third-order valence-corrected chi connectivity index (χ3v) is 5.68. The first-order valence-electron chi connectivity index (χ1n) is 5.76. The van der Waals surface area contributed by atoms with Crippen LogP contribution in [0.3, 0.4) is 0 Å². The Hall–Kier alpha value is -0.430. The molecule has 17 heavy (non-hydrogen) atoms. The molecule has 0 atom stereocenters. The van der Waals surface area contributed by atoms with Crippen molar-refractivity contribution >= 4 is 21.4 Å². The Morgan fingerprint density at radius 3 is 2.76 bits per heavy atom. The molecule has 0 spiro atoms. The fraction of sp³-hybridized carbons (Fsp3) is 0.636. The van der Waals surface area contributed by atoms with E-state index in [1.54, 1.807) is 6.07 Å². The minimum absolute atomic E-state index is 0.123. The van der Waals surface area contributed by atoms with E-state index in [0.717, 1.165) is 17.7 Å². The van der Waals surface area contributed by atoms with Gasteiger partial charge in [-0.25, -0.2) is 13.1 Å². The number of hydrogen-bond acceptors (Lipinski definition) is 4. The standard InChI is InChI=1S/C11H18N2O2S2/c1-8-5-9(6-8)13-17(14,15)11-3-4-16-10(11)7-12-2/h3-4,8-9,12-13H,5-7H2,1-2H3. The molecule has 1 aliphatic carbocycles. The van der Waals surface area contributed by atoms with Crippen LogP contribution in [0.4, 0.5) is 0 Å². The highest BCUT2D eigenvalue weighted by Gasteiger charge is 2.30. The molecule has 0 bridgehead atoms. The largest absolute Gasteiger partial charge is 0.315 e. The van der Waals surface area contributed by atoms with Crippen molar-refractivity contribution in [3.05, 3.63) is 16.3 Å². The maximum absolute atomic E-state index is 12.2. The monoisotopic (exact) mass is 274 g/mol. The second kappa shape index (κ2) is 5.06. The molecule has 0 saturated heterocycles. The lowest BCUT2D eigenvalue weighted by Gasteiger charge is -2.32. The summed E-state index contributed by atoms with van der Waals surface area (Å²) in [5.74, 6) is 0.641. The van der Waals surface area contributed by atoms with E-state index in [4.69, 9.17) is 0 Å². The summed E-state index contributed by atoms with van der Waals surface area (Å²) in [6, 6.07) is 1.80. The molecule has 0 amide bonds. The SMILES string of the molecule is CNCc1sccc1S(=O)(=O)NC1CC(C)C1. The van der Waals surface area contributed by atoms with Gasteiger partial charge in [-0.1, -0.05) is 6.92 Å². The van der Waals surface area contributed by atoms with Crippen LogP contribution in [0.2, 0.25) is 0 Å². The van der Waals surface area contributed by atoms with Crippen molar-refractivity contribution in [1.29, 1.82) is 0 Å². The highest BCUT2D eigenvalue weighted by atomic mass is 32.2. The van der Waals surface area contributed by atoms with E-state index >= 15 is 0 Å². The number of thiophene rings is 1. The molecule has 0 unspecified atom stereocenters. The van der Waals surface area contributed by atoms with Crippen molar-refractivity contribution in [2.24, 2.45) is 5.92 Å². The number of hydrogen-bond donors (Lipinski definition) is 2.